The SMILES string of the molecule is COc1cc(NC(=O)[C@H](CCC(=O)OC(C)(C)C)NC(=O)OCc2ccccc2)cc(OC)c1. The maximum Gasteiger partial charge on any atom is 0.408 e. The van der Waals surface area contributed by atoms with Crippen LogP contribution in [0.25, 0.3) is 0 Å². The molecular formula is C25H32N2O7. The van der Waals surface area contributed by atoms with E-state index in [0.29, 0.717) is 17.2 Å². The molecule has 2 rings (SSSR count). The molecule has 0 radical (unpaired) electrons. The van der Waals surface area contributed by atoms with Gasteiger partial charge in [0.05, 0.1) is 14.2 Å². The topological polar surface area (TPSA) is 112 Å². The van der Waals surface area contributed by atoms with Crippen LogP contribution in [0.1, 0.15) is 39.2 Å². The van der Waals surface area contributed by atoms with Crippen LogP contribution in [0.5, 0.6) is 11.5 Å². The number of anilines is 1. The molecule has 0 aromatic heterocycles. The molecule has 0 heterocycles. The average molecular weight is 473 g/mol. The first kappa shape index (κ1) is 26.5. The van der Waals surface area contributed by atoms with Gasteiger partial charge in [0, 0.05) is 30.3 Å². The third-order valence-electron chi connectivity index (χ3n) is 4.50. The van der Waals surface area contributed by atoms with Crippen molar-refractivity contribution in [1.82, 2.24) is 5.32 Å². The van der Waals surface area contributed by atoms with Crippen molar-refractivity contribution in [2.24, 2.45) is 0 Å². The standard InChI is InChI=1S/C25H32N2O7/c1-25(2,3)34-22(28)12-11-21(27-24(30)33-16-17-9-7-6-8-10-17)23(29)26-18-13-19(31-4)15-20(14-18)32-5/h6-10,13-15,21H,11-12,16H2,1-5H3,(H,26,29)(H,27,30)/t21-/m0/s1. The first-order chi connectivity index (χ1) is 16.1. The Morgan fingerprint density at radius 1 is 0.941 bits per heavy atom. The highest BCUT2D eigenvalue weighted by atomic mass is 16.6. The highest BCUT2D eigenvalue weighted by Gasteiger charge is 2.25. The summed E-state index contributed by atoms with van der Waals surface area (Å²) in [5.41, 5.74) is 0.549. The second kappa shape index (κ2) is 12.5. The molecule has 2 aromatic rings. The summed E-state index contributed by atoms with van der Waals surface area (Å²) in [5.74, 6) is -0.0475. The lowest BCUT2D eigenvalue weighted by Crippen LogP contribution is -2.44. The van der Waals surface area contributed by atoms with E-state index in [-0.39, 0.29) is 19.4 Å². The van der Waals surface area contributed by atoms with Gasteiger partial charge in [-0.1, -0.05) is 30.3 Å². The largest absolute Gasteiger partial charge is 0.497 e. The second-order valence-corrected chi connectivity index (χ2v) is 8.47. The molecule has 0 fully saturated rings. The minimum atomic E-state index is -1.05. The molecule has 34 heavy (non-hydrogen) atoms. The lowest BCUT2D eigenvalue weighted by atomic mass is 10.1. The fourth-order valence-electron chi connectivity index (χ4n) is 2.94. The Bertz CT molecular complexity index is 949. The van der Waals surface area contributed by atoms with Crippen molar-refractivity contribution in [3.63, 3.8) is 0 Å². The van der Waals surface area contributed by atoms with Crippen molar-refractivity contribution in [2.45, 2.75) is 51.9 Å². The fraction of sp³-hybridized carbons (Fsp3) is 0.400. The predicted molar refractivity (Wildman–Crippen MR) is 127 cm³/mol. The van der Waals surface area contributed by atoms with Gasteiger partial charge in [0.1, 0.15) is 29.7 Å². The lowest BCUT2D eigenvalue weighted by Gasteiger charge is -2.21. The van der Waals surface area contributed by atoms with Crippen LogP contribution >= 0.6 is 0 Å². The van der Waals surface area contributed by atoms with E-state index in [1.54, 1.807) is 39.0 Å². The molecular weight excluding hydrogens is 440 g/mol. The average Bonchev–Trinajstić information content (AvgIpc) is 2.79. The van der Waals surface area contributed by atoms with E-state index in [4.69, 9.17) is 18.9 Å². The first-order valence-electron chi connectivity index (χ1n) is 10.8. The van der Waals surface area contributed by atoms with E-state index >= 15 is 0 Å². The molecule has 2 amide bonds. The van der Waals surface area contributed by atoms with Crippen LogP contribution in [0.3, 0.4) is 0 Å². The Labute approximate surface area is 199 Å². The Balaban J connectivity index is 2.09. The molecule has 1 atom stereocenters. The van der Waals surface area contributed by atoms with Crippen LogP contribution in [0, 0.1) is 0 Å². The van der Waals surface area contributed by atoms with Crippen LogP contribution in [0.2, 0.25) is 0 Å². The molecule has 0 unspecified atom stereocenters. The van der Waals surface area contributed by atoms with Gasteiger partial charge in [0.15, 0.2) is 0 Å². The first-order valence-corrected chi connectivity index (χ1v) is 10.8. The van der Waals surface area contributed by atoms with Crippen molar-refractivity contribution in [1.29, 1.82) is 0 Å². The van der Waals surface area contributed by atoms with Crippen LogP contribution in [0.15, 0.2) is 48.5 Å². The van der Waals surface area contributed by atoms with E-state index in [1.165, 1.54) is 14.2 Å². The van der Waals surface area contributed by atoms with Gasteiger partial charge in [0.25, 0.3) is 0 Å². The molecule has 9 heteroatoms. The third-order valence-corrected chi connectivity index (χ3v) is 4.50. The van der Waals surface area contributed by atoms with Crippen LogP contribution in [-0.2, 0) is 25.7 Å². The normalized spacial score (nSPS) is 11.7. The highest BCUT2D eigenvalue weighted by molar-refractivity contribution is 5.97. The number of rotatable bonds is 10. The van der Waals surface area contributed by atoms with Gasteiger partial charge in [-0.15, -0.1) is 0 Å². The van der Waals surface area contributed by atoms with E-state index in [1.807, 2.05) is 30.3 Å². The summed E-state index contributed by atoms with van der Waals surface area (Å²) < 4.78 is 21.0. The number of carbonyl (C=O) groups is 3. The zero-order valence-corrected chi connectivity index (χ0v) is 20.2. The molecule has 0 spiro atoms. The fourth-order valence-corrected chi connectivity index (χ4v) is 2.94. The molecule has 0 aliphatic heterocycles. The van der Waals surface area contributed by atoms with Crippen LogP contribution in [-0.4, -0.2) is 43.8 Å². The Hall–Kier alpha value is -3.75. The Morgan fingerprint density at radius 2 is 1.56 bits per heavy atom. The maximum atomic E-state index is 13.0. The van der Waals surface area contributed by atoms with Crippen molar-refractivity contribution in [3.05, 3.63) is 54.1 Å². The van der Waals surface area contributed by atoms with Gasteiger partial charge < -0.3 is 29.6 Å². The Morgan fingerprint density at radius 3 is 2.12 bits per heavy atom. The molecule has 9 nitrogen and oxygen atoms in total. The van der Waals surface area contributed by atoms with Gasteiger partial charge in [-0.05, 0) is 32.8 Å². The number of alkyl carbamates (subject to hydrolysis) is 1. The Kier molecular flexibility index (Phi) is 9.73. The third kappa shape index (κ3) is 9.40. The summed E-state index contributed by atoms with van der Waals surface area (Å²) in [6, 6.07) is 13.0. The smallest absolute Gasteiger partial charge is 0.408 e. The molecule has 0 saturated carbocycles. The monoisotopic (exact) mass is 472 g/mol. The van der Waals surface area contributed by atoms with Gasteiger partial charge in [-0.25, -0.2) is 4.79 Å². The molecule has 0 aliphatic rings. The van der Waals surface area contributed by atoms with Crippen molar-refractivity contribution < 1.29 is 33.3 Å². The van der Waals surface area contributed by atoms with E-state index in [9.17, 15) is 14.4 Å². The van der Waals surface area contributed by atoms with E-state index in [0.717, 1.165) is 5.56 Å². The zero-order valence-electron chi connectivity index (χ0n) is 20.2. The van der Waals surface area contributed by atoms with Crippen molar-refractivity contribution in [2.75, 3.05) is 19.5 Å². The summed E-state index contributed by atoms with van der Waals surface area (Å²) in [5, 5.41) is 5.26. The summed E-state index contributed by atoms with van der Waals surface area (Å²) in [7, 11) is 2.99. The summed E-state index contributed by atoms with van der Waals surface area (Å²) in [6.07, 6.45) is -0.839. The number of ether oxygens (including phenoxy) is 4. The molecule has 2 aromatic carbocycles. The van der Waals surface area contributed by atoms with Crippen molar-refractivity contribution >= 4 is 23.7 Å². The van der Waals surface area contributed by atoms with Crippen LogP contribution < -0.4 is 20.1 Å². The number of esters is 1. The maximum absolute atomic E-state index is 13.0. The number of hydrogen-bond donors (Lipinski definition) is 2. The number of carbonyl (C=O) groups excluding carboxylic acids is 3. The molecule has 184 valence electrons. The molecule has 0 saturated heterocycles. The van der Waals surface area contributed by atoms with Gasteiger partial charge >= 0.3 is 12.1 Å². The van der Waals surface area contributed by atoms with Gasteiger partial charge in [0.2, 0.25) is 5.91 Å². The van der Waals surface area contributed by atoms with Gasteiger partial charge in [-0.3, -0.25) is 9.59 Å². The number of methoxy groups -OCH3 is 2. The van der Waals surface area contributed by atoms with Gasteiger partial charge in [-0.2, -0.15) is 0 Å². The molecule has 0 aliphatic carbocycles. The van der Waals surface area contributed by atoms with E-state index in [2.05, 4.69) is 10.6 Å². The lowest BCUT2D eigenvalue weighted by molar-refractivity contribution is -0.155. The number of nitrogens with one attached hydrogen (secondary N) is 2. The predicted octanol–water partition coefficient (Wildman–Crippen LogP) is 4.06. The minimum Gasteiger partial charge on any atom is -0.497 e. The number of hydrogen-bond acceptors (Lipinski definition) is 7. The molecule has 2 N–H and O–H groups in total. The summed E-state index contributed by atoms with van der Waals surface area (Å²) in [6.45, 7) is 5.31. The highest BCUT2D eigenvalue weighted by Crippen LogP contribution is 2.26. The van der Waals surface area contributed by atoms with Crippen molar-refractivity contribution in [3.8, 4) is 11.5 Å². The minimum absolute atomic E-state index is 0.0162. The summed E-state index contributed by atoms with van der Waals surface area (Å²) >= 11 is 0. The van der Waals surface area contributed by atoms with Crippen LogP contribution in [0.4, 0.5) is 10.5 Å². The quantitative estimate of drug-likeness (QED) is 0.502. The summed E-state index contributed by atoms with van der Waals surface area (Å²) in [4.78, 5) is 37.6. The zero-order chi connectivity index (χ0) is 25.1. The second-order valence-electron chi connectivity index (χ2n) is 8.47. The van der Waals surface area contributed by atoms with E-state index < -0.39 is 29.6 Å². The molecule has 0 bridgehead atoms. The number of benzene rings is 2. The number of amides is 2.